The van der Waals surface area contributed by atoms with Gasteiger partial charge in [0.15, 0.2) is 11.5 Å². The van der Waals surface area contributed by atoms with Crippen molar-refractivity contribution in [1.82, 2.24) is 13.9 Å². The minimum atomic E-state index is -3.23. The van der Waals surface area contributed by atoms with E-state index in [9.17, 15) is 13.2 Å². The van der Waals surface area contributed by atoms with Crippen LogP contribution in [0.3, 0.4) is 0 Å². The van der Waals surface area contributed by atoms with E-state index in [1.54, 1.807) is 21.0 Å². The Kier molecular flexibility index (Phi) is 5.88. The summed E-state index contributed by atoms with van der Waals surface area (Å²) in [7, 11) is -3.23. The fourth-order valence-corrected chi connectivity index (χ4v) is 5.53. The van der Waals surface area contributed by atoms with Crippen LogP contribution >= 0.6 is 0 Å². The van der Waals surface area contributed by atoms with Crippen molar-refractivity contribution >= 4 is 26.9 Å². The topological polar surface area (TPSA) is 94.0 Å². The van der Waals surface area contributed by atoms with E-state index in [1.165, 1.54) is 0 Å². The lowest BCUT2D eigenvalue weighted by Crippen LogP contribution is -2.50. The largest absolute Gasteiger partial charge is 0.486 e. The van der Waals surface area contributed by atoms with Gasteiger partial charge in [0, 0.05) is 38.8 Å². The van der Waals surface area contributed by atoms with Crippen molar-refractivity contribution in [2.45, 2.75) is 33.2 Å². The fraction of sp³-hybridized carbons (Fsp3) is 0.600. The van der Waals surface area contributed by atoms with Gasteiger partial charge in [0.1, 0.15) is 13.2 Å². The molecular weight excluding hydrogens is 408 g/mol. The average Bonchev–Trinajstić information content (AvgIpc) is 2.76. The summed E-state index contributed by atoms with van der Waals surface area (Å²) < 4.78 is 39.4. The molecule has 0 amide bonds. The van der Waals surface area contributed by atoms with E-state index in [0.29, 0.717) is 80.7 Å². The maximum absolute atomic E-state index is 13.1. The van der Waals surface area contributed by atoms with E-state index in [-0.39, 0.29) is 11.3 Å². The van der Waals surface area contributed by atoms with Gasteiger partial charge >= 0.3 is 0 Å². The van der Waals surface area contributed by atoms with Crippen LogP contribution in [0, 0.1) is 0 Å². The lowest BCUT2D eigenvalue weighted by molar-refractivity contribution is 0.172. The summed E-state index contributed by atoms with van der Waals surface area (Å²) in [6, 6.07) is 3.45. The third kappa shape index (κ3) is 3.85. The van der Waals surface area contributed by atoms with Crippen LogP contribution in [0.2, 0.25) is 0 Å². The molecule has 0 atom stereocenters. The first-order valence-electron chi connectivity index (χ1n) is 10.5. The third-order valence-electron chi connectivity index (χ3n) is 5.58. The lowest BCUT2D eigenvalue weighted by atomic mass is 10.2. The number of fused-ring (bicyclic) bond motifs is 2. The summed E-state index contributed by atoms with van der Waals surface area (Å²) in [5, 5.41) is 0.491. The number of nitrogens with zero attached hydrogens (tertiary/aromatic N) is 4. The second-order valence-electron chi connectivity index (χ2n) is 7.53. The number of unbranched alkanes of at least 4 members (excludes halogenated alkanes) is 1. The first-order valence-corrected chi connectivity index (χ1v) is 12.1. The van der Waals surface area contributed by atoms with Crippen molar-refractivity contribution in [2.75, 3.05) is 50.0 Å². The molecule has 2 aromatic rings. The van der Waals surface area contributed by atoms with Crippen molar-refractivity contribution in [3.05, 3.63) is 22.5 Å². The molecule has 0 radical (unpaired) electrons. The fourth-order valence-electron chi connectivity index (χ4n) is 3.89. The van der Waals surface area contributed by atoms with Gasteiger partial charge in [-0.3, -0.25) is 9.36 Å². The summed E-state index contributed by atoms with van der Waals surface area (Å²) in [4.78, 5) is 19.9. The molecule has 30 heavy (non-hydrogen) atoms. The van der Waals surface area contributed by atoms with E-state index < -0.39 is 10.0 Å². The highest BCUT2D eigenvalue weighted by molar-refractivity contribution is 7.89. The van der Waals surface area contributed by atoms with Crippen LogP contribution in [-0.2, 0) is 16.6 Å². The molecule has 2 aliphatic rings. The van der Waals surface area contributed by atoms with E-state index in [1.807, 2.05) is 18.7 Å². The highest BCUT2D eigenvalue weighted by atomic mass is 32.2. The van der Waals surface area contributed by atoms with Gasteiger partial charge in [0.2, 0.25) is 16.0 Å². The molecule has 9 nitrogen and oxygen atoms in total. The Morgan fingerprint density at radius 2 is 1.70 bits per heavy atom. The lowest BCUT2D eigenvalue weighted by Gasteiger charge is -2.35. The number of hydrogen-bond donors (Lipinski definition) is 0. The van der Waals surface area contributed by atoms with Gasteiger partial charge in [0.25, 0.3) is 5.56 Å². The van der Waals surface area contributed by atoms with Crippen LogP contribution < -0.4 is 19.9 Å². The molecule has 10 heteroatoms. The van der Waals surface area contributed by atoms with Gasteiger partial charge in [-0.1, -0.05) is 13.3 Å². The Hall–Kier alpha value is -2.33. The molecule has 0 aliphatic carbocycles. The Balaban J connectivity index is 1.64. The first-order chi connectivity index (χ1) is 14.4. The molecule has 1 saturated heterocycles. The molecule has 0 saturated carbocycles. The average molecular weight is 437 g/mol. The standard InChI is InChI=1S/C20H28N4O5S/c1-3-5-12-30(26,27)23-8-6-22(7-9-23)20-21-16-14-18-17(28-10-11-29-18)13-15(16)19(25)24(20)4-2/h13-14H,3-12H2,1-2H3. The monoisotopic (exact) mass is 436 g/mol. The van der Waals surface area contributed by atoms with Crippen molar-refractivity contribution in [3.8, 4) is 11.5 Å². The summed E-state index contributed by atoms with van der Waals surface area (Å²) >= 11 is 0. The highest BCUT2D eigenvalue weighted by Gasteiger charge is 2.28. The zero-order valence-electron chi connectivity index (χ0n) is 17.5. The number of aromatic nitrogens is 2. The molecule has 1 aromatic heterocycles. The Morgan fingerprint density at radius 3 is 2.33 bits per heavy atom. The number of hydrogen-bond acceptors (Lipinski definition) is 7. The number of ether oxygens (including phenoxy) is 2. The predicted molar refractivity (Wildman–Crippen MR) is 115 cm³/mol. The summed E-state index contributed by atoms with van der Waals surface area (Å²) in [5.74, 6) is 1.91. The molecule has 1 aromatic carbocycles. The normalized spacial score (nSPS) is 17.5. The van der Waals surface area contributed by atoms with E-state index >= 15 is 0 Å². The summed E-state index contributed by atoms with van der Waals surface area (Å²) in [6.07, 6.45) is 1.52. The molecule has 1 fully saturated rings. The number of sulfonamides is 1. The SMILES string of the molecule is CCCCS(=O)(=O)N1CCN(c2nc3cc4c(cc3c(=O)n2CC)OCCO4)CC1. The van der Waals surface area contributed by atoms with Crippen molar-refractivity contribution in [1.29, 1.82) is 0 Å². The first kappa shape index (κ1) is 20.9. The molecule has 2 aliphatic heterocycles. The summed E-state index contributed by atoms with van der Waals surface area (Å²) in [6.45, 7) is 7.06. The van der Waals surface area contributed by atoms with Gasteiger partial charge in [-0.15, -0.1) is 0 Å². The Bertz CT molecular complexity index is 1090. The molecule has 4 rings (SSSR count). The smallest absolute Gasteiger partial charge is 0.262 e. The van der Waals surface area contributed by atoms with Gasteiger partial charge < -0.3 is 14.4 Å². The van der Waals surface area contributed by atoms with Gasteiger partial charge in [-0.2, -0.15) is 4.31 Å². The molecule has 3 heterocycles. The van der Waals surface area contributed by atoms with Crippen molar-refractivity contribution < 1.29 is 17.9 Å². The molecule has 0 unspecified atom stereocenters. The minimum Gasteiger partial charge on any atom is -0.486 e. The second-order valence-corrected chi connectivity index (χ2v) is 9.62. The Morgan fingerprint density at radius 1 is 1.03 bits per heavy atom. The van der Waals surface area contributed by atoms with Crippen LogP contribution in [0.25, 0.3) is 10.9 Å². The Labute approximate surface area is 176 Å². The highest BCUT2D eigenvalue weighted by Crippen LogP contribution is 2.33. The molecular formula is C20H28N4O5S. The van der Waals surface area contributed by atoms with Crippen LogP contribution in [-0.4, -0.2) is 67.4 Å². The van der Waals surface area contributed by atoms with Crippen LogP contribution in [0.4, 0.5) is 5.95 Å². The van der Waals surface area contributed by atoms with Crippen molar-refractivity contribution in [2.24, 2.45) is 0 Å². The summed E-state index contributed by atoms with van der Waals surface area (Å²) in [5.41, 5.74) is 0.425. The van der Waals surface area contributed by atoms with Gasteiger partial charge in [0.05, 0.1) is 16.7 Å². The predicted octanol–water partition coefficient (Wildman–Crippen LogP) is 1.44. The zero-order valence-corrected chi connectivity index (χ0v) is 18.3. The minimum absolute atomic E-state index is 0.132. The van der Waals surface area contributed by atoms with E-state index in [0.717, 1.165) is 6.42 Å². The number of anilines is 1. The zero-order chi connectivity index (χ0) is 21.3. The van der Waals surface area contributed by atoms with Crippen LogP contribution in [0.1, 0.15) is 26.7 Å². The van der Waals surface area contributed by atoms with Crippen LogP contribution in [0.15, 0.2) is 16.9 Å². The molecule has 164 valence electrons. The number of rotatable bonds is 6. The molecule has 0 N–H and O–H groups in total. The maximum Gasteiger partial charge on any atom is 0.262 e. The molecule has 0 bridgehead atoms. The molecule has 0 spiro atoms. The van der Waals surface area contributed by atoms with Gasteiger partial charge in [-0.05, 0) is 19.4 Å². The second kappa shape index (κ2) is 8.43. The number of piperazine rings is 1. The van der Waals surface area contributed by atoms with E-state index in [2.05, 4.69) is 0 Å². The number of benzene rings is 1. The van der Waals surface area contributed by atoms with Gasteiger partial charge in [-0.25, -0.2) is 13.4 Å². The van der Waals surface area contributed by atoms with Crippen LogP contribution in [0.5, 0.6) is 11.5 Å². The maximum atomic E-state index is 13.1. The van der Waals surface area contributed by atoms with Crippen molar-refractivity contribution in [3.63, 3.8) is 0 Å². The quantitative estimate of drug-likeness (QED) is 0.676. The van der Waals surface area contributed by atoms with E-state index in [4.69, 9.17) is 14.5 Å². The third-order valence-corrected chi connectivity index (χ3v) is 7.54.